The predicted octanol–water partition coefficient (Wildman–Crippen LogP) is 2.50. The third-order valence-electron chi connectivity index (χ3n) is 5.03. The van der Waals surface area contributed by atoms with E-state index in [0.717, 1.165) is 11.3 Å². The van der Waals surface area contributed by atoms with Crippen LogP contribution in [-0.4, -0.2) is 32.1 Å². The average molecular weight is 382 g/mol. The molecule has 7 heteroatoms. The molecule has 1 fully saturated rings. The lowest BCUT2D eigenvalue weighted by Gasteiger charge is -2.20. The average Bonchev–Trinajstić information content (AvgIpc) is 3.54. The molecule has 2 N–H and O–H groups in total. The van der Waals surface area contributed by atoms with E-state index in [1.165, 1.54) is 0 Å². The van der Waals surface area contributed by atoms with Crippen LogP contribution in [0.1, 0.15) is 18.4 Å². The molecule has 1 heterocycles. The minimum Gasteiger partial charge on any atom is -0.497 e. The van der Waals surface area contributed by atoms with Gasteiger partial charge in [0.1, 0.15) is 24.4 Å². The molecule has 2 amide bonds. The van der Waals surface area contributed by atoms with Crippen LogP contribution in [0.3, 0.4) is 0 Å². The van der Waals surface area contributed by atoms with Crippen LogP contribution in [0.15, 0.2) is 42.5 Å². The molecule has 1 aliphatic heterocycles. The van der Waals surface area contributed by atoms with E-state index in [2.05, 4.69) is 10.6 Å². The summed E-state index contributed by atoms with van der Waals surface area (Å²) in [4.78, 5) is 25.4. The van der Waals surface area contributed by atoms with Crippen molar-refractivity contribution in [1.82, 2.24) is 5.32 Å². The van der Waals surface area contributed by atoms with Crippen LogP contribution in [0.2, 0.25) is 0 Å². The Labute approximate surface area is 163 Å². The molecule has 4 rings (SSSR count). The molecular formula is C21H22N2O5. The van der Waals surface area contributed by atoms with Crippen LogP contribution in [-0.2, 0) is 16.1 Å². The largest absolute Gasteiger partial charge is 0.497 e. The zero-order chi connectivity index (χ0) is 19.6. The zero-order valence-electron chi connectivity index (χ0n) is 15.6. The van der Waals surface area contributed by atoms with Gasteiger partial charge in [0, 0.05) is 18.3 Å². The first kappa shape index (κ1) is 18.2. The van der Waals surface area contributed by atoms with Crippen LogP contribution in [0, 0.1) is 5.41 Å². The Balaban J connectivity index is 1.37. The number of benzene rings is 2. The van der Waals surface area contributed by atoms with E-state index < -0.39 is 5.41 Å². The highest BCUT2D eigenvalue weighted by Gasteiger charge is 2.56. The number of hydrogen-bond donors (Lipinski definition) is 2. The van der Waals surface area contributed by atoms with Gasteiger partial charge in [0.2, 0.25) is 11.8 Å². The Bertz CT molecular complexity index is 890. The fourth-order valence-electron chi connectivity index (χ4n) is 3.15. The maximum Gasteiger partial charge on any atom is 0.240 e. The van der Waals surface area contributed by atoms with Crippen molar-refractivity contribution in [3.63, 3.8) is 0 Å². The van der Waals surface area contributed by atoms with Crippen molar-refractivity contribution in [2.24, 2.45) is 5.41 Å². The maximum atomic E-state index is 12.7. The Morgan fingerprint density at radius 1 is 1.00 bits per heavy atom. The first-order valence-corrected chi connectivity index (χ1v) is 9.23. The van der Waals surface area contributed by atoms with Crippen molar-refractivity contribution in [3.8, 4) is 17.2 Å². The molecule has 1 aliphatic carbocycles. The summed E-state index contributed by atoms with van der Waals surface area (Å²) in [6.07, 6.45) is 1.08. The van der Waals surface area contributed by atoms with Gasteiger partial charge < -0.3 is 24.8 Å². The van der Waals surface area contributed by atoms with Gasteiger partial charge in [-0.15, -0.1) is 0 Å². The number of hydrogen-bond acceptors (Lipinski definition) is 5. The number of ether oxygens (including phenoxy) is 3. The minimum absolute atomic E-state index is 0.252. The van der Waals surface area contributed by atoms with Gasteiger partial charge in [0.05, 0.1) is 7.11 Å². The first-order valence-electron chi connectivity index (χ1n) is 9.23. The topological polar surface area (TPSA) is 85.9 Å². The number of anilines is 1. The van der Waals surface area contributed by atoms with Gasteiger partial charge in [-0.05, 0) is 42.7 Å². The highest BCUT2D eigenvalue weighted by Crippen LogP contribution is 2.47. The molecule has 1 saturated carbocycles. The Hall–Kier alpha value is -3.22. The second-order valence-corrected chi connectivity index (χ2v) is 6.93. The monoisotopic (exact) mass is 382 g/mol. The summed E-state index contributed by atoms with van der Waals surface area (Å²) >= 11 is 0. The van der Waals surface area contributed by atoms with Gasteiger partial charge in [-0.25, -0.2) is 0 Å². The number of carbonyl (C=O) groups is 2. The van der Waals surface area contributed by atoms with Gasteiger partial charge in [-0.1, -0.05) is 12.1 Å². The van der Waals surface area contributed by atoms with Gasteiger partial charge >= 0.3 is 0 Å². The van der Waals surface area contributed by atoms with Crippen molar-refractivity contribution in [2.75, 3.05) is 25.6 Å². The third-order valence-corrected chi connectivity index (χ3v) is 5.03. The number of amides is 2. The van der Waals surface area contributed by atoms with Gasteiger partial charge in [-0.2, -0.15) is 0 Å². The Morgan fingerprint density at radius 3 is 2.39 bits per heavy atom. The summed E-state index contributed by atoms with van der Waals surface area (Å²) in [5, 5.41) is 5.71. The van der Waals surface area contributed by atoms with Crippen LogP contribution in [0.4, 0.5) is 5.69 Å². The molecule has 0 bridgehead atoms. The molecule has 0 unspecified atom stereocenters. The summed E-state index contributed by atoms with van der Waals surface area (Å²) < 4.78 is 16.1. The van der Waals surface area contributed by atoms with Gasteiger partial charge in [0.25, 0.3) is 0 Å². The van der Waals surface area contributed by atoms with E-state index >= 15 is 0 Å². The summed E-state index contributed by atoms with van der Waals surface area (Å²) in [5.74, 6) is 1.46. The molecule has 0 aromatic heterocycles. The van der Waals surface area contributed by atoms with Crippen LogP contribution in [0.25, 0.3) is 0 Å². The summed E-state index contributed by atoms with van der Waals surface area (Å²) in [5.41, 5.74) is 0.528. The second-order valence-electron chi connectivity index (χ2n) is 6.93. The summed E-state index contributed by atoms with van der Waals surface area (Å²) in [6, 6.07) is 12.7. The number of fused-ring (bicyclic) bond motifs is 1. The van der Waals surface area contributed by atoms with Crippen molar-refractivity contribution in [2.45, 2.75) is 19.4 Å². The Morgan fingerprint density at radius 2 is 1.71 bits per heavy atom. The fourth-order valence-corrected chi connectivity index (χ4v) is 3.15. The minimum atomic E-state index is -1.00. The quantitative estimate of drug-likeness (QED) is 0.750. The van der Waals surface area contributed by atoms with Crippen LogP contribution in [0.5, 0.6) is 17.2 Å². The molecule has 0 atom stereocenters. The number of nitrogens with one attached hydrogen (secondary N) is 2. The van der Waals surface area contributed by atoms with E-state index in [-0.39, 0.29) is 11.8 Å². The molecule has 2 aliphatic rings. The van der Waals surface area contributed by atoms with Crippen molar-refractivity contribution < 1.29 is 23.8 Å². The SMILES string of the molecule is COc1ccc(CNC(=O)C2(C(=O)Nc3ccc4c(c3)OCCO4)CC2)cc1. The van der Waals surface area contributed by atoms with Crippen molar-refractivity contribution in [1.29, 1.82) is 0 Å². The smallest absolute Gasteiger partial charge is 0.240 e. The highest BCUT2D eigenvalue weighted by molar-refractivity contribution is 6.13. The van der Waals surface area contributed by atoms with E-state index in [9.17, 15) is 9.59 Å². The van der Waals surface area contributed by atoms with E-state index in [4.69, 9.17) is 14.2 Å². The maximum absolute atomic E-state index is 12.7. The predicted molar refractivity (Wildman–Crippen MR) is 103 cm³/mol. The molecule has 0 radical (unpaired) electrons. The normalized spacial score (nSPS) is 16.0. The van der Waals surface area contributed by atoms with E-state index in [0.29, 0.717) is 49.8 Å². The standard InChI is InChI=1S/C21H22N2O5/c1-26-16-5-2-14(3-6-16)13-22-19(24)21(8-9-21)20(25)23-15-4-7-17-18(12-15)28-11-10-27-17/h2-7,12H,8-11,13H2,1H3,(H,22,24)(H,23,25). The molecule has 28 heavy (non-hydrogen) atoms. The number of carbonyl (C=O) groups excluding carboxylic acids is 2. The van der Waals surface area contributed by atoms with Crippen LogP contribution < -0.4 is 24.8 Å². The van der Waals surface area contributed by atoms with Crippen LogP contribution >= 0.6 is 0 Å². The summed E-state index contributed by atoms with van der Waals surface area (Å²) in [7, 11) is 1.61. The van der Waals surface area contributed by atoms with Gasteiger partial charge in [-0.3, -0.25) is 9.59 Å². The van der Waals surface area contributed by atoms with Gasteiger partial charge in [0.15, 0.2) is 11.5 Å². The molecule has 2 aromatic carbocycles. The zero-order valence-corrected chi connectivity index (χ0v) is 15.6. The fraction of sp³-hybridized carbons (Fsp3) is 0.333. The first-order chi connectivity index (χ1) is 13.6. The lowest BCUT2D eigenvalue weighted by atomic mass is 10.0. The molecular weight excluding hydrogens is 360 g/mol. The Kier molecular flexibility index (Phi) is 4.81. The molecule has 146 valence electrons. The lowest BCUT2D eigenvalue weighted by Crippen LogP contribution is -2.39. The van der Waals surface area contributed by atoms with E-state index in [1.807, 2.05) is 24.3 Å². The number of methoxy groups -OCH3 is 1. The highest BCUT2D eigenvalue weighted by atomic mass is 16.6. The molecule has 0 spiro atoms. The second kappa shape index (κ2) is 7.42. The van der Waals surface area contributed by atoms with Crippen molar-refractivity contribution in [3.05, 3.63) is 48.0 Å². The number of rotatable bonds is 6. The summed E-state index contributed by atoms with van der Waals surface area (Å²) in [6.45, 7) is 1.35. The van der Waals surface area contributed by atoms with E-state index in [1.54, 1.807) is 25.3 Å². The van der Waals surface area contributed by atoms with Crippen molar-refractivity contribution >= 4 is 17.5 Å². The third kappa shape index (κ3) is 3.60. The molecule has 7 nitrogen and oxygen atoms in total. The molecule has 0 saturated heterocycles. The molecule has 2 aromatic rings. The lowest BCUT2D eigenvalue weighted by molar-refractivity contribution is -0.134.